The summed E-state index contributed by atoms with van der Waals surface area (Å²) < 4.78 is 6.21. The van der Waals surface area contributed by atoms with Gasteiger partial charge in [0.05, 0.1) is 29.7 Å². The lowest BCUT2D eigenvalue weighted by molar-refractivity contribution is -0.384. The third-order valence-corrected chi connectivity index (χ3v) is 3.87. The molecule has 7 heteroatoms. The highest BCUT2D eigenvalue weighted by atomic mass is 16.6. The second-order valence-corrected chi connectivity index (χ2v) is 5.45. The maximum absolute atomic E-state index is 12.3. The lowest BCUT2D eigenvalue weighted by Gasteiger charge is -2.11. The van der Waals surface area contributed by atoms with Crippen molar-refractivity contribution in [1.29, 1.82) is 0 Å². The SMILES string of the molecule is COC(=O)c1cccc(Cn2c(=O)ccc3cc([N+](=O)[O-])ccc32)c1. The minimum Gasteiger partial charge on any atom is -0.465 e. The van der Waals surface area contributed by atoms with Gasteiger partial charge in [-0.25, -0.2) is 4.79 Å². The Bertz CT molecular complexity index is 1040. The van der Waals surface area contributed by atoms with Gasteiger partial charge >= 0.3 is 5.97 Å². The lowest BCUT2D eigenvalue weighted by Crippen LogP contribution is -2.20. The molecule has 0 bridgehead atoms. The van der Waals surface area contributed by atoms with Crippen LogP contribution in [-0.4, -0.2) is 22.6 Å². The van der Waals surface area contributed by atoms with Crippen molar-refractivity contribution in [3.05, 3.63) is 86.2 Å². The summed E-state index contributed by atoms with van der Waals surface area (Å²) in [5.74, 6) is -0.456. The van der Waals surface area contributed by atoms with Gasteiger partial charge in [0.15, 0.2) is 0 Å². The van der Waals surface area contributed by atoms with Crippen LogP contribution in [0.15, 0.2) is 59.4 Å². The molecule has 2 aromatic carbocycles. The molecule has 1 heterocycles. The number of esters is 1. The first-order valence-corrected chi connectivity index (χ1v) is 7.45. The molecular weight excluding hydrogens is 324 g/mol. The molecule has 0 aliphatic heterocycles. The van der Waals surface area contributed by atoms with Crippen LogP contribution in [0.2, 0.25) is 0 Å². The number of hydrogen-bond donors (Lipinski definition) is 0. The Kier molecular flexibility index (Phi) is 4.30. The molecule has 0 unspecified atom stereocenters. The number of nitrogens with zero attached hydrogens (tertiary/aromatic N) is 2. The number of benzene rings is 2. The third-order valence-electron chi connectivity index (χ3n) is 3.87. The van der Waals surface area contributed by atoms with Gasteiger partial charge in [-0.1, -0.05) is 12.1 Å². The molecule has 3 rings (SSSR count). The number of nitro benzene ring substituents is 1. The molecule has 7 nitrogen and oxygen atoms in total. The van der Waals surface area contributed by atoms with Crippen LogP contribution in [0.1, 0.15) is 15.9 Å². The van der Waals surface area contributed by atoms with Gasteiger partial charge in [-0.15, -0.1) is 0 Å². The molecule has 0 atom stereocenters. The van der Waals surface area contributed by atoms with Gasteiger partial charge in [0.1, 0.15) is 0 Å². The van der Waals surface area contributed by atoms with E-state index in [1.807, 2.05) is 0 Å². The summed E-state index contributed by atoms with van der Waals surface area (Å²) >= 11 is 0. The Balaban J connectivity index is 2.07. The number of aromatic nitrogens is 1. The summed E-state index contributed by atoms with van der Waals surface area (Å²) in [6, 6.07) is 14.1. The van der Waals surface area contributed by atoms with E-state index < -0.39 is 10.9 Å². The van der Waals surface area contributed by atoms with E-state index in [4.69, 9.17) is 4.74 Å². The van der Waals surface area contributed by atoms with Crippen LogP contribution < -0.4 is 5.56 Å². The van der Waals surface area contributed by atoms with Crippen molar-refractivity contribution in [2.45, 2.75) is 6.54 Å². The first-order valence-electron chi connectivity index (χ1n) is 7.45. The highest BCUT2D eigenvalue weighted by Gasteiger charge is 2.11. The molecule has 0 amide bonds. The molecule has 0 saturated heterocycles. The summed E-state index contributed by atoms with van der Waals surface area (Å²) in [5, 5.41) is 11.5. The normalized spacial score (nSPS) is 10.6. The summed E-state index contributed by atoms with van der Waals surface area (Å²) in [6.07, 6.45) is 0. The van der Waals surface area contributed by atoms with E-state index in [1.165, 1.54) is 29.9 Å². The molecule has 3 aromatic rings. The van der Waals surface area contributed by atoms with E-state index in [-0.39, 0.29) is 17.8 Å². The molecule has 126 valence electrons. The van der Waals surface area contributed by atoms with Crippen LogP contribution >= 0.6 is 0 Å². The van der Waals surface area contributed by atoms with Crippen LogP contribution in [0.4, 0.5) is 5.69 Å². The fourth-order valence-corrected chi connectivity index (χ4v) is 2.66. The topological polar surface area (TPSA) is 91.4 Å². The molecule has 0 N–H and O–H groups in total. The van der Waals surface area contributed by atoms with Gasteiger partial charge in [0.25, 0.3) is 11.2 Å². The summed E-state index contributed by atoms with van der Waals surface area (Å²) in [6.45, 7) is 0.235. The molecule has 25 heavy (non-hydrogen) atoms. The van der Waals surface area contributed by atoms with Gasteiger partial charge < -0.3 is 9.30 Å². The molecule has 0 aliphatic rings. The van der Waals surface area contributed by atoms with Crippen molar-refractivity contribution in [3.63, 3.8) is 0 Å². The number of carbonyl (C=O) groups excluding carboxylic acids is 1. The second-order valence-electron chi connectivity index (χ2n) is 5.45. The Morgan fingerprint density at radius 3 is 2.68 bits per heavy atom. The first-order chi connectivity index (χ1) is 12.0. The van der Waals surface area contributed by atoms with Crippen LogP contribution in [-0.2, 0) is 11.3 Å². The number of methoxy groups -OCH3 is 1. The van der Waals surface area contributed by atoms with E-state index in [9.17, 15) is 19.7 Å². The largest absolute Gasteiger partial charge is 0.465 e. The van der Waals surface area contributed by atoms with Crippen molar-refractivity contribution < 1.29 is 14.5 Å². The van der Waals surface area contributed by atoms with Crippen molar-refractivity contribution in [2.24, 2.45) is 0 Å². The van der Waals surface area contributed by atoms with Crippen molar-refractivity contribution >= 4 is 22.6 Å². The smallest absolute Gasteiger partial charge is 0.337 e. The fraction of sp³-hybridized carbons (Fsp3) is 0.111. The van der Waals surface area contributed by atoms with E-state index >= 15 is 0 Å². The van der Waals surface area contributed by atoms with Crippen molar-refractivity contribution in [1.82, 2.24) is 4.57 Å². The number of non-ortho nitro benzene ring substituents is 1. The van der Waals surface area contributed by atoms with Crippen LogP contribution in [0, 0.1) is 10.1 Å². The number of pyridine rings is 1. The fourth-order valence-electron chi connectivity index (χ4n) is 2.66. The molecule has 0 radical (unpaired) electrons. The maximum atomic E-state index is 12.3. The van der Waals surface area contributed by atoms with Gasteiger partial charge in [0, 0.05) is 23.6 Å². The predicted molar refractivity (Wildman–Crippen MR) is 91.7 cm³/mol. The summed E-state index contributed by atoms with van der Waals surface area (Å²) in [7, 11) is 1.30. The average molecular weight is 338 g/mol. The number of ether oxygens (including phenoxy) is 1. The molecule has 0 fully saturated rings. The number of rotatable bonds is 4. The highest BCUT2D eigenvalue weighted by molar-refractivity contribution is 5.89. The van der Waals surface area contributed by atoms with Crippen LogP contribution in [0.25, 0.3) is 10.9 Å². The van der Waals surface area contributed by atoms with Gasteiger partial charge in [-0.2, -0.15) is 0 Å². The zero-order valence-electron chi connectivity index (χ0n) is 13.3. The molecular formula is C18H14N2O5. The van der Waals surface area contributed by atoms with E-state index in [0.717, 1.165) is 5.56 Å². The Labute approximate surface area is 142 Å². The quantitative estimate of drug-likeness (QED) is 0.414. The number of fused-ring (bicyclic) bond motifs is 1. The average Bonchev–Trinajstić information content (AvgIpc) is 2.63. The minimum absolute atomic E-state index is 0.0367. The number of nitro groups is 1. The monoisotopic (exact) mass is 338 g/mol. The second kappa shape index (κ2) is 6.56. The summed E-state index contributed by atoms with van der Waals surface area (Å²) in [5.41, 5.74) is 1.46. The molecule has 0 saturated carbocycles. The number of hydrogen-bond acceptors (Lipinski definition) is 5. The zero-order chi connectivity index (χ0) is 18.0. The van der Waals surface area contributed by atoms with E-state index in [2.05, 4.69) is 0 Å². The van der Waals surface area contributed by atoms with Crippen molar-refractivity contribution in [2.75, 3.05) is 7.11 Å². The van der Waals surface area contributed by atoms with Gasteiger partial charge in [0.2, 0.25) is 0 Å². The molecule has 0 aliphatic carbocycles. The predicted octanol–water partition coefficient (Wildman–Crippen LogP) is 2.74. The van der Waals surface area contributed by atoms with Crippen LogP contribution in [0.3, 0.4) is 0 Å². The van der Waals surface area contributed by atoms with E-state index in [0.29, 0.717) is 16.5 Å². The Morgan fingerprint density at radius 1 is 1.16 bits per heavy atom. The highest BCUT2D eigenvalue weighted by Crippen LogP contribution is 2.20. The molecule has 1 aromatic heterocycles. The van der Waals surface area contributed by atoms with Crippen molar-refractivity contribution in [3.8, 4) is 0 Å². The minimum atomic E-state index is -0.477. The van der Waals surface area contributed by atoms with Gasteiger partial charge in [-0.3, -0.25) is 14.9 Å². The maximum Gasteiger partial charge on any atom is 0.337 e. The lowest BCUT2D eigenvalue weighted by atomic mass is 10.1. The Morgan fingerprint density at radius 2 is 1.96 bits per heavy atom. The van der Waals surface area contributed by atoms with Crippen LogP contribution in [0.5, 0.6) is 0 Å². The molecule has 0 spiro atoms. The standard InChI is InChI=1S/C18H14N2O5/c1-25-18(22)14-4-2-3-12(9-14)11-19-16-7-6-15(20(23)24)10-13(16)5-8-17(19)21/h2-10H,11H2,1H3. The van der Waals surface area contributed by atoms with E-state index in [1.54, 1.807) is 36.4 Å². The Hall–Kier alpha value is -3.48. The summed E-state index contributed by atoms with van der Waals surface area (Å²) in [4.78, 5) is 34.3. The number of carbonyl (C=O) groups is 1. The first kappa shape index (κ1) is 16.4. The van der Waals surface area contributed by atoms with Gasteiger partial charge in [-0.05, 0) is 29.8 Å². The third kappa shape index (κ3) is 3.25. The zero-order valence-corrected chi connectivity index (χ0v) is 13.3.